The molecule has 0 nitrogen and oxygen atoms in total. The van der Waals surface area contributed by atoms with Gasteiger partial charge in [-0.2, -0.15) is 0 Å². The lowest BCUT2D eigenvalue weighted by Gasteiger charge is -2.29. The normalized spacial score (nSPS) is 25.4. The van der Waals surface area contributed by atoms with Gasteiger partial charge in [0.2, 0.25) is 0 Å². The molecule has 2 aromatic carbocycles. The summed E-state index contributed by atoms with van der Waals surface area (Å²) in [5.41, 5.74) is 5.69. The van der Waals surface area contributed by atoms with Gasteiger partial charge in [-0.05, 0) is 90.9 Å². The van der Waals surface area contributed by atoms with E-state index in [1.165, 1.54) is 106 Å². The Morgan fingerprint density at radius 2 is 1.15 bits per heavy atom. The lowest BCUT2D eigenvalue weighted by Crippen LogP contribution is -2.15. The third kappa shape index (κ3) is 7.43. The molecular formula is C33H47F. The monoisotopic (exact) mass is 462 g/mol. The number of rotatable bonds is 11. The Bertz CT molecular complexity index is 805. The minimum Gasteiger partial charge on any atom is -0.251 e. The summed E-state index contributed by atoms with van der Waals surface area (Å²) < 4.78 is 12.3. The van der Waals surface area contributed by atoms with E-state index in [1.54, 1.807) is 0 Å². The fourth-order valence-electron chi connectivity index (χ4n) is 6.71. The number of halogens is 1. The van der Waals surface area contributed by atoms with Crippen molar-refractivity contribution in [2.75, 3.05) is 6.67 Å². The predicted octanol–water partition coefficient (Wildman–Crippen LogP) is 10.3. The molecule has 0 aliphatic heterocycles. The Morgan fingerprint density at radius 3 is 1.74 bits per heavy atom. The summed E-state index contributed by atoms with van der Waals surface area (Å²) in [6, 6.07) is 18.7. The Morgan fingerprint density at radius 1 is 0.618 bits per heavy atom. The first-order chi connectivity index (χ1) is 16.7. The summed E-state index contributed by atoms with van der Waals surface area (Å²) >= 11 is 0. The zero-order valence-electron chi connectivity index (χ0n) is 21.6. The molecule has 2 saturated carbocycles. The molecule has 0 bridgehead atoms. The Labute approximate surface area is 208 Å². The van der Waals surface area contributed by atoms with Crippen molar-refractivity contribution in [3.8, 4) is 11.1 Å². The van der Waals surface area contributed by atoms with Crippen molar-refractivity contribution in [2.24, 2.45) is 17.8 Å². The van der Waals surface area contributed by atoms with Gasteiger partial charge in [-0.25, -0.2) is 0 Å². The number of benzene rings is 2. The van der Waals surface area contributed by atoms with Crippen LogP contribution in [0.25, 0.3) is 11.1 Å². The van der Waals surface area contributed by atoms with Crippen LogP contribution in [0, 0.1) is 17.8 Å². The van der Waals surface area contributed by atoms with Crippen LogP contribution < -0.4 is 0 Å². The second kappa shape index (κ2) is 13.5. The van der Waals surface area contributed by atoms with Crippen molar-refractivity contribution in [3.63, 3.8) is 0 Å². The Balaban J connectivity index is 1.22. The van der Waals surface area contributed by atoms with Gasteiger partial charge in [0.25, 0.3) is 0 Å². The lowest BCUT2D eigenvalue weighted by molar-refractivity contribution is 0.252. The van der Waals surface area contributed by atoms with E-state index in [-0.39, 0.29) is 6.67 Å². The van der Waals surface area contributed by atoms with E-state index < -0.39 is 0 Å². The molecule has 0 heterocycles. The van der Waals surface area contributed by atoms with Crippen LogP contribution in [0.5, 0.6) is 0 Å². The van der Waals surface area contributed by atoms with Gasteiger partial charge in [-0.15, -0.1) is 0 Å². The highest BCUT2D eigenvalue weighted by atomic mass is 19.1. The maximum absolute atomic E-state index is 12.3. The van der Waals surface area contributed by atoms with E-state index in [9.17, 15) is 4.39 Å². The molecule has 0 unspecified atom stereocenters. The van der Waals surface area contributed by atoms with Crippen LogP contribution in [-0.4, -0.2) is 6.67 Å². The van der Waals surface area contributed by atoms with Crippen LogP contribution in [0.15, 0.2) is 48.5 Å². The highest BCUT2D eigenvalue weighted by molar-refractivity contribution is 5.64. The molecule has 186 valence electrons. The average molecular weight is 463 g/mol. The zero-order chi connectivity index (χ0) is 23.6. The molecule has 0 atom stereocenters. The van der Waals surface area contributed by atoms with Crippen molar-refractivity contribution in [2.45, 2.75) is 109 Å². The largest absolute Gasteiger partial charge is 0.251 e. The van der Waals surface area contributed by atoms with Gasteiger partial charge in [0.05, 0.1) is 6.67 Å². The van der Waals surface area contributed by atoms with E-state index in [0.717, 1.165) is 30.6 Å². The van der Waals surface area contributed by atoms with E-state index >= 15 is 0 Å². The molecule has 1 heteroatoms. The first-order valence-corrected chi connectivity index (χ1v) is 14.5. The van der Waals surface area contributed by atoms with Crippen LogP contribution in [0.4, 0.5) is 4.39 Å². The molecule has 2 fully saturated rings. The minimum absolute atomic E-state index is 0.148. The molecular weight excluding hydrogens is 415 g/mol. The number of unbranched alkanes of at least 4 members (excludes halogenated alkanes) is 1. The van der Waals surface area contributed by atoms with Gasteiger partial charge in [0.1, 0.15) is 0 Å². The minimum atomic E-state index is -0.148. The van der Waals surface area contributed by atoms with Crippen molar-refractivity contribution in [1.82, 2.24) is 0 Å². The molecule has 0 spiro atoms. The summed E-state index contributed by atoms with van der Waals surface area (Å²) in [5, 5.41) is 0. The van der Waals surface area contributed by atoms with Crippen LogP contribution in [0.3, 0.4) is 0 Å². The van der Waals surface area contributed by atoms with Gasteiger partial charge in [-0.1, -0.05) is 107 Å². The molecule has 0 saturated heterocycles. The molecule has 0 aromatic heterocycles. The van der Waals surface area contributed by atoms with Gasteiger partial charge in [-0.3, -0.25) is 4.39 Å². The average Bonchev–Trinajstić information content (AvgIpc) is 2.89. The SMILES string of the molecule is CCCC1CCC(CCc2ccc(-c3ccc(C4CCC(CCCCF)CC4)cc3)cc2)CC1. The van der Waals surface area contributed by atoms with Gasteiger partial charge in [0.15, 0.2) is 0 Å². The van der Waals surface area contributed by atoms with Crippen LogP contribution in [-0.2, 0) is 6.42 Å². The second-order valence-corrected chi connectivity index (χ2v) is 11.4. The van der Waals surface area contributed by atoms with Crippen LogP contribution in [0.2, 0.25) is 0 Å². The number of aryl methyl sites for hydroxylation is 1. The van der Waals surface area contributed by atoms with Crippen molar-refractivity contribution in [1.29, 1.82) is 0 Å². The highest BCUT2D eigenvalue weighted by Gasteiger charge is 2.22. The predicted molar refractivity (Wildman–Crippen MR) is 145 cm³/mol. The molecule has 2 aliphatic rings. The summed E-state index contributed by atoms with van der Waals surface area (Å²) in [6.07, 6.45) is 19.5. The van der Waals surface area contributed by atoms with Crippen molar-refractivity contribution in [3.05, 3.63) is 59.7 Å². The summed E-state index contributed by atoms with van der Waals surface area (Å²) in [4.78, 5) is 0. The Hall–Kier alpha value is -1.63. The first kappa shape index (κ1) is 25.5. The number of alkyl halides is 1. The summed E-state index contributed by atoms with van der Waals surface area (Å²) in [7, 11) is 0. The first-order valence-electron chi connectivity index (χ1n) is 14.5. The quantitative estimate of drug-likeness (QED) is 0.291. The zero-order valence-corrected chi connectivity index (χ0v) is 21.6. The van der Waals surface area contributed by atoms with Gasteiger partial charge in [0, 0.05) is 0 Å². The maximum Gasteiger partial charge on any atom is 0.0894 e. The highest BCUT2D eigenvalue weighted by Crippen LogP contribution is 2.38. The smallest absolute Gasteiger partial charge is 0.0894 e. The number of hydrogen-bond acceptors (Lipinski definition) is 0. The van der Waals surface area contributed by atoms with Crippen LogP contribution in [0.1, 0.15) is 114 Å². The topological polar surface area (TPSA) is 0 Å². The molecule has 0 amide bonds. The van der Waals surface area contributed by atoms with E-state index in [4.69, 9.17) is 0 Å². The molecule has 0 radical (unpaired) electrons. The standard InChI is InChI=1S/C33H47F/c1-2-5-26-7-9-28(10-8-26)11-12-29-15-19-31(20-16-29)33-23-21-32(22-24-33)30-17-13-27(14-18-30)6-3-4-25-34/h15-16,19-24,26-28,30H,2-14,17-18,25H2,1H3. The van der Waals surface area contributed by atoms with E-state index in [2.05, 4.69) is 55.5 Å². The Kier molecular flexibility index (Phi) is 10.1. The van der Waals surface area contributed by atoms with Crippen molar-refractivity contribution >= 4 is 0 Å². The third-order valence-electron chi connectivity index (χ3n) is 9.02. The molecule has 4 rings (SSSR count). The molecule has 2 aliphatic carbocycles. The fourth-order valence-corrected chi connectivity index (χ4v) is 6.71. The van der Waals surface area contributed by atoms with Crippen molar-refractivity contribution < 1.29 is 4.39 Å². The van der Waals surface area contributed by atoms with E-state index in [1.807, 2.05) is 0 Å². The van der Waals surface area contributed by atoms with Gasteiger partial charge >= 0.3 is 0 Å². The summed E-state index contributed by atoms with van der Waals surface area (Å²) in [5.74, 6) is 3.51. The molecule has 34 heavy (non-hydrogen) atoms. The third-order valence-corrected chi connectivity index (χ3v) is 9.02. The van der Waals surface area contributed by atoms with Gasteiger partial charge < -0.3 is 0 Å². The fraction of sp³-hybridized carbons (Fsp3) is 0.636. The summed E-state index contributed by atoms with van der Waals surface area (Å²) in [6.45, 7) is 2.18. The van der Waals surface area contributed by atoms with E-state index in [0.29, 0.717) is 5.92 Å². The number of hydrogen-bond donors (Lipinski definition) is 0. The second-order valence-electron chi connectivity index (χ2n) is 11.4. The van der Waals surface area contributed by atoms with Crippen LogP contribution >= 0.6 is 0 Å². The lowest BCUT2D eigenvalue weighted by atomic mass is 9.77. The molecule has 2 aromatic rings. The maximum atomic E-state index is 12.3. The molecule has 0 N–H and O–H groups in total.